The minimum Gasteiger partial charge on any atom is -0.338 e. The second kappa shape index (κ2) is 5.14. The highest BCUT2D eigenvalue weighted by molar-refractivity contribution is 6.30. The highest BCUT2D eigenvalue weighted by Gasteiger charge is 2.37. The van der Waals surface area contributed by atoms with E-state index in [1.807, 2.05) is 17.0 Å². The van der Waals surface area contributed by atoms with Gasteiger partial charge in [0.1, 0.15) is 0 Å². The molecule has 2 atom stereocenters. The molecule has 19 heavy (non-hydrogen) atoms. The Morgan fingerprint density at radius 3 is 2.37 bits per heavy atom. The minimum absolute atomic E-state index is 0.158. The van der Waals surface area contributed by atoms with Crippen LogP contribution in [-0.4, -0.2) is 44.0 Å². The molecule has 1 aromatic rings. The third-order valence-corrected chi connectivity index (χ3v) is 4.53. The second-order valence-electron chi connectivity index (χ2n) is 6.05. The van der Waals surface area contributed by atoms with Crippen LogP contribution < -0.4 is 4.90 Å². The molecule has 2 aliphatic heterocycles. The number of carbonyl (C=O) groups excluding carboxylic acids is 1. The van der Waals surface area contributed by atoms with Gasteiger partial charge < -0.3 is 9.80 Å². The Labute approximate surface area is 119 Å². The van der Waals surface area contributed by atoms with Crippen molar-refractivity contribution in [3.8, 4) is 0 Å². The minimum atomic E-state index is 0.158. The Bertz CT molecular complexity index is 456. The highest BCUT2D eigenvalue weighted by atomic mass is 35.5. The fraction of sp³-hybridized carbons (Fsp3) is 0.533. The second-order valence-corrected chi connectivity index (χ2v) is 6.49. The molecule has 3 rings (SSSR count). The molecule has 1 aromatic carbocycles. The van der Waals surface area contributed by atoms with Crippen molar-refractivity contribution in [2.45, 2.75) is 6.42 Å². The zero-order valence-corrected chi connectivity index (χ0v) is 12.0. The highest BCUT2D eigenvalue weighted by Crippen LogP contribution is 2.24. The first-order valence-corrected chi connectivity index (χ1v) is 7.36. The molecule has 2 unspecified atom stereocenters. The van der Waals surface area contributed by atoms with Crippen molar-refractivity contribution < 1.29 is 9.69 Å². The number of quaternary nitrogens is 1. The van der Waals surface area contributed by atoms with Crippen molar-refractivity contribution in [3.05, 3.63) is 34.9 Å². The van der Waals surface area contributed by atoms with Crippen LogP contribution in [-0.2, 0) is 0 Å². The number of halogens is 1. The molecule has 0 aliphatic carbocycles. The quantitative estimate of drug-likeness (QED) is 0.813. The summed E-state index contributed by atoms with van der Waals surface area (Å²) >= 11 is 5.87. The van der Waals surface area contributed by atoms with Gasteiger partial charge in [0.25, 0.3) is 5.91 Å². The van der Waals surface area contributed by atoms with Crippen molar-refractivity contribution >= 4 is 17.5 Å². The fourth-order valence-electron chi connectivity index (χ4n) is 3.62. The molecule has 4 heteroatoms. The molecule has 2 heterocycles. The molecule has 0 aromatic heterocycles. The Morgan fingerprint density at radius 1 is 1.21 bits per heavy atom. The van der Waals surface area contributed by atoms with Gasteiger partial charge in [-0.25, -0.2) is 0 Å². The molecular formula is C15H20ClN2O+. The topological polar surface area (TPSA) is 24.8 Å². The van der Waals surface area contributed by atoms with Crippen LogP contribution in [0.15, 0.2) is 24.3 Å². The number of carbonyl (C=O) groups is 1. The lowest BCUT2D eigenvalue weighted by molar-refractivity contribution is -0.893. The van der Waals surface area contributed by atoms with Crippen molar-refractivity contribution in [1.82, 2.24) is 4.90 Å². The van der Waals surface area contributed by atoms with E-state index in [0.717, 1.165) is 18.7 Å². The van der Waals surface area contributed by atoms with Crippen LogP contribution in [0.3, 0.4) is 0 Å². The molecule has 0 saturated carbocycles. The molecule has 2 bridgehead atoms. The van der Waals surface area contributed by atoms with Gasteiger partial charge >= 0.3 is 0 Å². The lowest BCUT2D eigenvalue weighted by atomic mass is 9.84. The largest absolute Gasteiger partial charge is 0.338 e. The summed E-state index contributed by atoms with van der Waals surface area (Å²) in [6.07, 6.45) is 1.29. The summed E-state index contributed by atoms with van der Waals surface area (Å²) in [6.45, 7) is 4.21. The van der Waals surface area contributed by atoms with Gasteiger partial charge in [-0.3, -0.25) is 4.79 Å². The molecule has 102 valence electrons. The lowest BCUT2D eigenvalue weighted by Crippen LogP contribution is -3.12. The average Bonchev–Trinajstić information content (AvgIpc) is 2.37. The van der Waals surface area contributed by atoms with Gasteiger partial charge in [-0.1, -0.05) is 11.6 Å². The summed E-state index contributed by atoms with van der Waals surface area (Å²) in [5, 5.41) is 0.678. The maximum absolute atomic E-state index is 12.5. The summed E-state index contributed by atoms with van der Waals surface area (Å²) in [6, 6.07) is 7.23. The van der Waals surface area contributed by atoms with Crippen molar-refractivity contribution in [3.63, 3.8) is 0 Å². The third kappa shape index (κ3) is 2.77. The smallest absolute Gasteiger partial charge is 0.253 e. The van der Waals surface area contributed by atoms with E-state index in [1.54, 1.807) is 17.0 Å². The number of nitrogens with zero attached hydrogens (tertiary/aromatic N) is 1. The van der Waals surface area contributed by atoms with E-state index in [-0.39, 0.29) is 5.91 Å². The lowest BCUT2D eigenvalue weighted by Gasteiger charge is -2.42. The predicted octanol–water partition coefficient (Wildman–Crippen LogP) is 0.947. The molecule has 2 aliphatic rings. The van der Waals surface area contributed by atoms with E-state index in [0.29, 0.717) is 16.9 Å². The number of hydrogen-bond donors (Lipinski definition) is 1. The van der Waals surface area contributed by atoms with Crippen molar-refractivity contribution in [1.29, 1.82) is 0 Å². The van der Waals surface area contributed by atoms with Crippen LogP contribution in [0.25, 0.3) is 0 Å². The van der Waals surface area contributed by atoms with Crippen LogP contribution in [0, 0.1) is 11.8 Å². The summed E-state index contributed by atoms with van der Waals surface area (Å²) in [5.41, 5.74) is 0.755. The van der Waals surface area contributed by atoms with Crippen molar-refractivity contribution in [2.24, 2.45) is 11.8 Å². The summed E-state index contributed by atoms with van der Waals surface area (Å²) < 4.78 is 0. The zero-order valence-electron chi connectivity index (χ0n) is 11.2. The summed E-state index contributed by atoms with van der Waals surface area (Å²) in [7, 11) is 2.26. The molecule has 0 radical (unpaired) electrons. The van der Waals surface area contributed by atoms with E-state index < -0.39 is 0 Å². The third-order valence-electron chi connectivity index (χ3n) is 4.28. The van der Waals surface area contributed by atoms with E-state index >= 15 is 0 Å². The molecule has 3 nitrogen and oxygen atoms in total. The fourth-order valence-corrected chi connectivity index (χ4v) is 3.75. The van der Waals surface area contributed by atoms with Gasteiger partial charge in [-0.2, -0.15) is 0 Å². The van der Waals surface area contributed by atoms with Crippen molar-refractivity contribution in [2.75, 3.05) is 33.2 Å². The van der Waals surface area contributed by atoms with Gasteiger partial charge in [0, 0.05) is 35.5 Å². The molecule has 2 saturated heterocycles. The number of benzene rings is 1. The van der Waals surface area contributed by atoms with Gasteiger partial charge in [0.15, 0.2) is 0 Å². The standard InChI is InChI=1S/C15H19ClN2O/c1-17-7-11-6-12(8-17)10-18(9-11)15(19)13-2-4-14(16)5-3-13/h2-5,11-12H,6-10H2,1H3/p+1. The van der Waals surface area contributed by atoms with E-state index in [2.05, 4.69) is 7.05 Å². The molecular weight excluding hydrogens is 260 g/mol. The molecule has 1 amide bonds. The maximum Gasteiger partial charge on any atom is 0.253 e. The number of piperidine rings is 2. The van der Waals surface area contributed by atoms with Crippen LogP contribution in [0.5, 0.6) is 0 Å². The number of amides is 1. The normalized spacial score (nSPS) is 30.2. The number of hydrogen-bond acceptors (Lipinski definition) is 1. The van der Waals surface area contributed by atoms with Crippen LogP contribution in [0.2, 0.25) is 5.02 Å². The van der Waals surface area contributed by atoms with E-state index in [1.165, 1.54) is 19.5 Å². The van der Waals surface area contributed by atoms with Gasteiger partial charge in [0.2, 0.25) is 0 Å². The maximum atomic E-state index is 12.5. The molecule has 2 fully saturated rings. The molecule has 1 N–H and O–H groups in total. The van der Waals surface area contributed by atoms with Crippen LogP contribution in [0.1, 0.15) is 16.8 Å². The summed E-state index contributed by atoms with van der Waals surface area (Å²) in [5.74, 6) is 1.50. The number of nitrogens with one attached hydrogen (secondary N) is 1. The first-order valence-electron chi connectivity index (χ1n) is 6.98. The van der Waals surface area contributed by atoms with E-state index in [4.69, 9.17) is 11.6 Å². The van der Waals surface area contributed by atoms with Crippen LogP contribution >= 0.6 is 11.6 Å². The Hall–Kier alpha value is -1.06. The number of likely N-dealkylation sites (tertiary alicyclic amines) is 2. The first-order chi connectivity index (χ1) is 9.11. The Kier molecular flexibility index (Phi) is 3.50. The Morgan fingerprint density at radius 2 is 1.79 bits per heavy atom. The van der Waals surface area contributed by atoms with Gasteiger partial charge in [-0.05, 0) is 30.7 Å². The van der Waals surface area contributed by atoms with E-state index in [9.17, 15) is 4.79 Å². The van der Waals surface area contributed by atoms with Gasteiger partial charge in [0.05, 0.1) is 20.1 Å². The zero-order chi connectivity index (χ0) is 13.4. The average molecular weight is 280 g/mol. The number of fused-ring (bicyclic) bond motifs is 2. The Balaban J connectivity index is 1.73. The first kappa shape index (κ1) is 12.9. The van der Waals surface area contributed by atoms with Crippen LogP contribution in [0.4, 0.5) is 0 Å². The summed E-state index contributed by atoms with van der Waals surface area (Å²) in [4.78, 5) is 16.1. The van der Waals surface area contributed by atoms with Gasteiger partial charge in [-0.15, -0.1) is 0 Å². The number of rotatable bonds is 1. The predicted molar refractivity (Wildman–Crippen MR) is 75.6 cm³/mol. The molecule has 0 spiro atoms. The SMILES string of the molecule is C[NH+]1CC2CC(CN(C(=O)c3ccc(Cl)cc3)C2)C1. The monoisotopic (exact) mass is 279 g/mol.